The summed E-state index contributed by atoms with van der Waals surface area (Å²) in [5.74, 6) is 0.725. The molecule has 1 aromatic heterocycles. The Morgan fingerprint density at radius 1 is 1.07 bits per heavy atom. The Hall–Kier alpha value is -3.16. The van der Waals surface area contributed by atoms with Crippen molar-refractivity contribution in [2.45, 2.75) is 13.3 Å². The van der Waals surface area contributed by atoms with Crippen molar-refractivity contribution in [1.82, 2.24) is 14.9 Å². The molecule has 1 N–H and O–H groups in total. The van der Waals surface area contributed by atoms with E-state index in [9.17, 15) is 9.59 Å². The van der Waals surface area contributed by atoms with Gasteiger partial charge in [-0.3, -0.25) is 9.59 Å². The highest BCUT2D eigenvalue weighted by molar-refractivity contribution is 6.04. The summed E-state index contributed by atoms with van der Waals surface area (Å²) in [6, 6.07) is 8.95. The van der Waals surface area contributed by atoms with Crippen LogP contribution in [0, 0.1) is 0 Å². The fraction of sp³-hybridized carbons (Fsp3) is 0.368. The number of para-hydroxylation sites is 2. The minimum atomic E-state index is -0.346. The Morgan fingerprint density at radius 2 is 1.78 bits per heavy atom. The van der Waals surface area contributed by atoms with Crippen molar-refractivity contribution < 1.29 is 14.3 Å². The number of hydrogen-bond donors (Lipinski definition) is 1. The molecular formula is C19H23N5O3. The molecule has 3 rings (SSSR count). The lowest BCUT2D eigenvalue weighted by atomic mass is 10.2. The number of piperazine rings is 1. The van der Waals surface area contributed by atoms with Gasteiger partial charge in [-0.2, -0.15) is 0 Å². The number of rotatable bonds is 6. The number of anilines is 2. The van der Waals surface area contributed by atoms with Crippen molar-refractivity contribution in [3.05, 3.63) is 42.7 Å². The van der Waals surface area contributed by atoms with Crippen molar-refractivity contribution in [2.24, 2.45) is 0 Å². The van der Waals surface area contributed by atoms with Gasteiger partial charge in [0, 0.05) is 38.6 Å². The van der Waals surface area contributed by atoms with E-state index in [4.69, 9.17) is 4.74 Å². The van der Waals surface area contributed by atoms with Gasteiger partial charge < -0.3 is 19.9 Å². The molecule has 0 atom stereocenters. The predicted molar refractivity (Wildman–Crippen MR) is 102 cm³/mol. The standard InChI is InChI=1S/C19H23N5O3/c1-2-27-16-7-4-3-6-15(16)22-17(25)14-18(26)23-10-12-24(13-11-23)19-20-8-5-9-21-19/h3-9H,2,10-14H2,1H3,(H,22,25). The molecule has 0 bridgehead atoms. The predicted octanol–water partition coefficient (Wildman–Crippen LogP) is 1.55. The quantitative estimate of drug-likeness (QED) is 0.778. The molecule has 1 aromatic carbocycles. The summed E-state index contributed by atoms with van der Waals surface area (Å²) in [6.45, 7) is 4.75. The van der Waals surface area contributed by atoms with Crippen LogP contribution in [0.4, 0.5) is 11.6 Å². The summed E-state index contributed by atoms with van der Waals surface area (Å²) >= 11 is 0. The maximum Gasteiger partial charge on any atom is 0.233 e. The second kappa shape index (κ2) is 8.98. The number of carbonyl (C=O) groups excluding carboxylic acids is 2. The monoisotopic (exact) mass is 369 g/mol. The van der Waals surface area contributed by atoms with Gasteiger partial charge >= 0.3 is 0 Å². The Bertz CT molecular complexity index is 776. The summed E-state index contributed by atoms with van der Waals surface area (Å²) in [4.78, 5) is 36.9. The molecule has 8 heteroatoms. The Labute approximate surface area is 158 Å². The topological polar surface area (TPSA) is 87.7 Å². The first-order valence-corrected chi connectivity index (χ1v) is 8.99. The second-order valence-corrected chi connectivity index (χ2v) is 6.07. The highest BCUT2D eigenvalue weighted by Gasteiger charge is 2.24. The van der Waals surface area contributed by atoms with Crippen molar-refractivity contribution in [2.75, 3.05) is 43.0 Å². The molecule has 2 heterocycles. The number of carbonyl (C=O) groups is 2. The first kappa shape index (κ1) is 18.6. The average Bonchev–Trinajstić information content (AvgIpc) is 2.70. The first-order chi connectivity index (χ1) is 13.2. The molecule has 0 radical (unpaired) electrons. The third-order valence-electron chi connectivity index (χ3n) is 4.24. The number of nitrogens with one attached hydrogen (secondary N) is 1. The third kappa shape index (κ3) is 4.93. The molecular weight excluding hydrogens is 346 g/mol. The molecule has 1 aliphatic heterocycles. The summed E-state index contributed by atoms with van der Waals surface area (Å²) < 4.78 is 5.49. The van der Waals surface area contributed by atoms with Crippen LogP contribution in [0.25, 0.3) is 0 Å². The first-order valence-electron chi connectivity index (χ1n) is 8.99. The minimum Gasteiger partial charge on any atom is -0.492 e. The van der Waals surface area contributed by atoms with Gasteiger partial charge in [-0.1, -0.05) is 12.1 Å². The van der Waals surface area contributed by atoms with E-state index in [2.05, 4.69) is 15.3 Å². The average molecular weight is 369 g/mol. The summed E-state index contributed by atoms with van der Waals surface area (Å²) in [5, 5.41) is 2.76. The molecule has 8 nitrogen and oxygen atoms in total. The molecule has 0 spiro atoms. The number of hydrogen-bond acceptors (Lipinski definition) is 6. The van der Waals surface area contributed by atoms with E-state index in [1.807, 2.05) is 24.0 Å². The maximum atomic E-state index is 12.4. The lowest BCUT2D eigenvalue weighted by Crippen LogP contribution is -2.49. The number of aromatic nitrogens is 2. The zero-order valence-corrected chi connectivity index (χ0v) is 15.3. The van der Waals surface area contributed by atoms with Crippen LogP contribution in [0.3, 0.4) is 0 Å². The van der Waals surface area contributed by atoms with Crippen molar-refractivity contribution in [1.29, 1.82) is 0 Å². The molecule has 0 saturated carbocycles. The molecule has 0 aliphatic carbocycles. The molecule has 1 aliphatic rings. The molecule has 142 valence electrons. The van der Waals surface area contributed by atoms with Crippen LogP contribution in [0.2, 0.25) is 0 Å². The largest absolute Gasteiger partial charge is 0.492 e. The van der Waals surface area contributed by atoms with Crippen LogP contribution in [0.1, 0.15) is 13.3 Å². The van der Waals surface area contributed by atoms with Crippen LogP contribution in [0.15, 0.2) is 42.7 Å². The van der Waals surface area contributed by atoms with Gasteiger partial charge in [0.05, 0.1) is 12.3 Å². The Morgan fingerprint density at radius 3 is 2.48 bits per heavy atom. The van der Waals surface area contributed by atoms with E-state index in [1.165, 1.54) is 0 Å². The fourth-order valence-electron chi connectivity index (χ4n) is 2.91. The van der Waals surface area contributed by atoms with Crippen molar-refractivity contribution in [3.8, 4) is 5.75 Å². The highest BCUT2D eigenvalue weighted by Crippen LogP contribution is 2.23. The van der Waals surface area contributed by atoms with Crippen LogP contribution >= 0.6 is 0 Å². The van der Waals surface area contributed by atoms with Gasteiger partial charge in [-0.05, 0) is 25.1 Å². The van der Waals surface area contributed by atoms with E-state index < -0.39 is 0 Å². The van der Waals surface area contributed by atoms with Gasteiger partial charge in [-0.25, -0.2) is 9.97 Å². The SMILES string of the molecule is CCOc1ccccc1NC(=O)CC(=O)N1CCN(c2ncccn2)CC1. The lowest BCUT2D eigenvalue weighted by molar-refractivity contribution is -0.134. The summed E-state index contributed by atoms with van der Waals surface area (Å²) in [5.41, 5.74) is 0.572. The fourth-order valence-corrected chi connectivity index (χ4v) is 2.91. The van der Waals surface area contributed by atoms with Crippen LogP contribution < -0.4 is 15.0 Å². The van der Waals surface area contributed by atoms with Crippen LogP contribution in [-0.2, 0) is 9.59 Å². The van der Waals surface area contributed by atoms with Crippen LogP contribution in [0.5, 0.6) is 5.75 Å². The molecule has 27 heavy (non-hydrogen) atoms. The molecule has 1 saturated heterocycles. The van der Waals surface area contributed by atoms with E-state index in [1.54, 1.807) is 35.5 Å². The maximum absolute atomic E-state index is 12.4. The van der Waals surface area contributed by atoms with Gasteiger partial charge in [-0.15, -0.1) is 0 Å². The van der Waals surface area contributed by atoms with Gasteiger partial charge in [0.1, 0.15) is 12.2 Å². The summed E-state index contributed by atoms with van der Waals surface area (Å²) in [7, 11) is 0. The van der Waals surface area contributed by atoms with Crippen molar-refractivity contribution >= 4 is 23.5 Å². The number of nitrogens with zero attached hydrogens (tertiary/aromatic N) is 4. The zero-order valence-electron chi connectivity index (χ0n) is 15.3. The lowest BCUT2D eigenvalue weighted by Gasteiger charge is -2.34. The molecule has 2 amide bonds. The minimum absolute atomic E-state index is 0.185. The van der Waals surface area contributed by atoms with E-state index >= 15 is 0 Å². The molecule has 0 unspecified atom stereocenters. The van der Waals surface area contributed by atoms with Gasteiger partial charge in [0.15, 0.2) is 0 Å². The number of amides is 2. The number of ether oxygens (including phenoxy) is 1. The third-order valence-corrected chi connectivity index (χ3v) is 4.24. The molecule has 1 fully saturated rings. The van der Waals surface area contributed by atoms with Gasteiger partial charge in [0.2, 0.25) is 17.8 Å². The van der Waals surface area contributed by atoms with Crippen LogP contribution in [-0.4, -0.2) is 59.5 Å². The van der Waals surface area contributed by atoms with E-state index in [-0.39, 0.29) is 18.2 Å². The summed E-state index contributed by atoms with van der Waals surface area (Å²) in [6.07, 6.45) is 3.21. The highest BCUT2D eigenvalue weighted by atomic mass is 16.5. The van der Waals surface area contributed by atoms with E-state index in [0.717, 1.165) is 0 Å². The Kier molecular flexibility index (Phi) is 6.19. The Balaban J connectivity index is 1.50. The van der Waals surface area contributed by atoms with E-state index in [0.29, 0.717) is 50.2 Å². The smallest absolute Gasteiger partial charge is 0.233 e. The van der Waals surface area contributed by atoms with Crippen molar-refractivity contribution in [3.63, 3.8) is 0 Å². The second-order valence-electron chi connectivity index (χ2n) is 6.07. The number of benzene rings is 1. The normalized spacial score (nSPS) is 14.0. The zero-order chi connectivity index (χ0) is 19.1. The molecule has 2 aromatic rings. The van der Waals surface area contributed by atoms with Gasteiger partial charge in [0.25, 0.3) is 0 Å².